The molecule has 0 aliphatic carbocycles. The summed E-state index contributed by atoms with van der Waals surface area (Å²) in [6, 6.07) is 0. The highest BCUT2D eigenvalue weighted by atomic mass is 19.4. The van der Waals surface area contributed by atoms with Crippen molar-refractivity contribution < 1.29 is 45.5 Å². The first-order valence-electron chi connectivity index (χ1n) is 6.68. The van der Waals surface area contributed by atoms with E-state index in [1.165, 1.54) is 0 Å². The van der Waals surface area contributed by atoms with Gasteiger partial charge in [0.1, 0.15) is 0 Å². The molecule has 1 aliphatic heterocycles. The molecule has 0 aromatic heterocycles. The van der Waals surface area contributed by atoms with E-state index in [0.29, 0.717) is 13.2 Å². The lowest BCUT2D eigenvalue weighted by molar-refractivity contribution is -0.193. The Labute approximate surface area is 133 Å². The molecule has 0 N–H and O–H groups in total. The number of halogens is 6. The number of alkyl halides is 6. The van der Waals surface area contributed by atoms with E-state index < -0.39 is 23.9 Å². The molecular weight excluding hydrogens is 348 g/mol. The number of hydrogen-bond acceptors (Lipinski definition) is 4. The van der Waals surface area contributed by atoms with E-state index in [0.717, 1.165) is 13.1 Å². The van der Waals surface area contributed by atoms with Gasteiger partial charge in [0.2, 0.25) is 5.91 Å². The quantitative estimate of drug-likeness (QED) is 0.528. The zero-order valence-electron chi connectivity index (χ0n) is 13.2. The van der Waals surface area contributed by atoms with Gasteiger partial charge in [-0.25, -0.2) is 0 Å². The van der Waals surface area contributed by atoms with Crippen molar-refractivity contribution in [3.05, 3.63) is 0 Å². The zero-order chi connectivity index (χ0) is 19.3. The normalized spacial score (nSPS) is 16.1. The highest BCUT2D eigenvalue weighted by molar-refractivity contribution is 6.41. The van der Waals surface area contributed by atoms with Gasteiger partial charge in [-0.05, 0) is 0 Å². The summed E-state index contributed by atoms with van der Waals surface area (Å²) < 4.78 is 72.1. The van der Waals surface area contributed by atoms with E-state index in [2.05, 4.69) is 0 Å². The monoisotopic (exact) mass is 365 g/mol. The van der Waals surface area contributed by atoms with E-state index in [-0.39, 0.29) is 11.3 Å². The van der Waals surface area contributed by atoms with Crippen LogP contribution < -0.4 is 0 Å². The smallest absolute Gasteiger partial charge is 0.378 e. The van der Waals surface area contributed by atoms with Crippen LogP contribution in [0.4, 0.5) is 26.3 Å². The van der Waals surface area contributed by atoms with Crippen molar-refractivity contribution in [3.8, 4) is 0 Å². The van der Waals surface area contributed by atoms with E-state index in [4.69, 9.17) is 4.74 Å². The van der Waals surface area contributed by atoms with Gasteiger partial charge in [-0.15, -0.1) is 0 Å². The van der Waals surface area contributed by atoms with Gasteiger partial charge >= 0.3 is 23.9 Å². The van der Waals surface area contributed by atoms with Gasteiger partial charge < -0.3 is 9.64 Å². The second kappa shape index (κ2) is 7.95. The van der Waals surface area contributed by atoms with Crippen LogP contribution in [0.3, 0.4) is 0 Å². The molecule has 0 bridgehead atoms. The number of amides is 1. The van der Waals surface area contributed by atoms with Crippen LogP contribution in [0.25, 0.3) is 0 Å². The van der Waals surface area contributed by atoms with Crippen LogP contribution in [0.2, 0.25) is 0 Å². The Kier molecular flexibility index (Phi) is 7.40. The van der Waals surface area contributed by atoms with Crippen LogP contribution >= 0.6 is 0 Å². The lowest BCUT2D eigenvalue weighted by Crippen LogP contribution is -2.45. The highest BCUT2D eigenvalue weighted by Gasteiger charge is 2.54. The van der Waals surface area contributed by atoms with Crippen molar-refractivity contribution in [1.29, 1.82) is 0 Å². The fraction of sp³-hybridized carbons (Fsp3) is 0.769. The third-order valence-corrected chi connectivity index (χ3v) is 2.66. The molecule has 1 heterocycles. The average molecular weight is 365 g/mol. The molecule has 1 saturated heterocycles. The fourth-order valence-corrected chi connectivity index (χ4v) is 1.50. The number of hydrogen-bond donors (Lipinski definition) is 0. The van der Waals surface area contributed by atoms with Gasteiger partial charge in [0, 0.05) is 18.5 Å². The van der Waals surface area contributed by atoms with Gasteiger partial charge in [-0.3, -0.25) is 14.4 Å². The van der Waals surface area contributed by atoms with Crippen LogP contribution in [0.5, 0.6) is 0 Å². The first-order valence-corrected chi connectivity index (χ1v) is 6.68. The molecule has 0 spiro atoms. The second-order valence-corrected chi connectivity index (χ2v) is 5.81. The minimum absolute atomic E-state index is 0.228. The molecule has 140 valence electrons. The van der Waals surface area contributed by atoms with Gasteiger partial charge in [-0.2, -0.15) is 26.3 Å². The predicted octanol–water partition coefficient (Wildman–Crippen LogP) is 2.14. The number of Topliss-reactive ketones (excluding diaryl/α,β-unsaturated/α-hetero) is 2. The SMILES string of the molecule is CC(C)(C)C(=O)N1CCOCC1.O=C(C(=O)C(F)(F)F)C(F)(F)F. The molecule has 0 aromatic rings. The summed E-state index contributed by atoms with van der Waals surface area (Å²) in [5.41, 5.74) is -0.253. The lowest BCUT2D eigenvalue weighted by atomic mass is 9.94. The Balaban J connectivity index is 0.000000441. The number of ether oxygens (including phenoxy) is 1. The molecule has 1 rings (SSSR count). The highest BCUT2D eigenvalue weighted by Crippen LogP contribution is 2.24. The summed E-state index contributed by atoms with van der Waals surface area (Å²) in [5.74, 6) is -6.59. The number of carbonyl (C=O) groups excluding carboxylic acids is 3. The summed E-state index contributed by atoms with van der Waals surface area (Å²) >= 11 is 0. The Hall–Kier alpha value is -1.65. The third kappa shape index (κ3) is 7.28. The number of ketones is 2. The maximum atomic E-state index is 11.7. The topological polar surface area (TPSA) is 63.7 Å². The summed E-state index contributed by atoms with van der Waals surface area (Å²) in [5, 5.41) is 0. The Bertz CT molecular complexity index is 448. The van der Waals surface area contributed by atoms with Gasteiger partial charge in [0.05, 0.1) is 13.2 Å². The molecule has 0 radical (unpaired) electrons. The minimum Gasteiger partial charge on any atom is -0.378 e. The van der Waals surface area contributed by atoms with Crippen LogP contribution in [0.1, 0.15) is 20.8 Å². The summed E-state index contributed by atoms with van der Waals surface area (Å²) in [6.45, 7) is 8.70. The standard InChI is InChI=1S/C9H17NO2.C4F6O2/c1-9(2,3)8(11)10-4-6-12-7-5-10;5-3(6,7)1(11)2(12)4(8,9)10/h4-7H2,1-3H3;. The van der Waals surface area contributed by atoms with Crippen molar-refractivity contribution in [2.45, 2.75) is 33.1 Å². The summed E-state index contributed by atoms with van der Waals surface area (Å²) in [6.07, 6.45) is -11.5. The Morgan fingerprint density at radius 2 is 1.12 bits per heavy atom. The Morgan fingerprint density at radius 3 is 1.38 bits per heavy atom. The zero-order valence-corrected chi connectivity index (χ0v) is 13.2. The predicted molar refractivity (Wildman–Crippen MR) is 69.0 cm³/mol. The minimum atomic E-state index is -5.77. The molecule has 0 unspecified atom stereocenters. The second-order valence-electron chi connectivity index (χ2n) is 5.81. The van der Waals surface area contributed by atoms with Crippen molar-refractivity contribution in [3.63, 3.8) is 0 Å². The third-order valence-electron chi connectivity index (χ3n) is 2.66. The molecule has 1 aliphatic rings. The van der Waals surface area contributed by atoms with E-state index in [9.17, 15) is 40.7 Å². The van der Waals surface area contributed by atoms with Gasteiger partial charge in [-0.1, -0.05) is 20.8 Å². The van der Waals surface area contributed by atoms with Crippen LogP contribution in [0.15, 0.2) is 0 Å². The van der Waals surface area contributed by atoms with Crippen molar-refractivity contribution in [2.24, 2.45) is 5.41 Å². The summed E-state index contributed by atoms with van der Waals surface area (Å²) in [4.78, 5) is 32.8. The molecule has 1 fully saturated rings. The number of nitrogens with zero attached hydrogens (tertiary/aromatic N) is 1. The average Bonchev–Trinajstić information content (AvgIpc) is 2.43. The Morgan fingerprint density at radius 1 is 0.792 bits per heavy atom. The maximum absolute atomic E-state index is 11.7. The van der Waals surface area contributed by atoms with E-state index in [1.54, 1.807) is 0 Å². The fourth-order valence-electron chi connectivity index (χ4n) is 1.50. The van der Waals surface area contributed by atoms with Crippen LogP contribution in [-0.2, 0) is 19.1 Å². The van der Waals surface area contributed by atoms with Crippen LogP contribution in [-0.4, -0.2) is 61.0 Å². The number of carbonyl (C=O) groups is 3. The molecule has 0 atom stereocenters. The number of rotatable bonds is 1. The molecule has 1 amide bonds. The first kappa shape index (κ1) is 22.4. The maximum Gasteiger partial charge on any atom is 0.458 e. The molecule has 24 heavy (non-hydrogen) atoms. The van der Waals surface area contributed by atoms with Gasteiger partial charge in [0.25, 0.3) is 0 Å². The first-order chi connectivity index (χ1) is 10.6. The molecule has 0 aromatic carbocycles. The summed E-state index contributed by atoms with van der Waals surface area (Å²) in [7, 11) is 0. The van der Waals surface area contributed by atoms with Crippen LogP contribution in [0, 0.1) is 5.41 Å². The van der Waals surface area contributed by atoms with E-state index >= 15 is 0 Å². The molecule has 11 heteroatoms. The molecule has 0 saturated carbocycles. The molecule has 5 nitrogen and oxygen atoms in total. The lowest BCUT2D eigenvalue weighted by Gasteiger charge is -2.32. The van der Waals surface area contributed by atoms with E-state index in [1.807, 2.05) is 25.7 Å². The van der Waals surface area contributed by atoms with Crippen molar-refractivity contribution in [2.75, 3.05) is 26.3 Å². The number of morpholine rings is 1. The van der Waals surface area contributed by atoms with Crippen molar-refractivity contribution >= 4 is 17.5 Å². The largest absolute Gasteiger partial charge is 0.458 e. The van der Waals surface area contributed by atoms with Crippen molar-refractivity contribution in [1.82, 2.24) is 4.90 Å². The molecular formula is C13H17F6NO4. The van der Waals surface area contributed by atoms with Gasteiger partial charge in [0.15, 0.2) is 0 Å².